The molecular formula is C17H20O2. The summed E-state index contributed by atoms with van der Waals surface area (Å²) in [5, 5.41) is 0. The van der Waals surface area contributed by atoms with Gasteiger partial charge in [-0.1, -0.05) is 51.1 Å². The molecule has 2 fully saturated rings. The number of hydrogen-bond acceptors (Lipinski definition) is 2. The molecule has 2 aliphatic rings. The van der Waals surface area contributed by atoms with Crippen molar-refractivity contribution in [2.24, 2.45) is 22.7 Å². The van der Waals surface area contributed by atoms with Crippen molar-refractivity contribution in [3.05, 3.63) is 35.9 Å². The average molecular weight is 256 g/mol. The maximum atomic E-state index is 12.7. The van der Waals surface area contributed by atoms with Gasteiger partial charge in [0.05, 0.1) is 5.92 Å². The van der Waals surface area contributed by atoms with Gasteiger partial charge in [-0.25, -0.2) is 0 Å². The average Bonchev–Trinajstić information content (AvgIpc) is 2.71. The lowest BCUT2D eigenvalue weighted by Crippen LogP contribution is -2.35. The number of fused-ring (bicyclic) bond motifs is 2. The first kappa shape index (κ1) is 12.6. The van der Waals surface area contributed by atoms with E-state index in [0.29, 0.717) is 5.56 Å². The van der Waals surface area contributed by atoms with Crippen LogP contribution in [0.2, 0.25) is 0 Å². The smallest absolute Gasteiger partial charge is 0.173 e. The topological polar surface area (TPSA) is 34.1 Å². The quantitative estimate of drug-likeness (QED) is 0.599. The summed E-state index contributed by atoms with van der Waals surface area (Å²) in [7, 11) is 0. The summed E-state index contributed by atoms with van der Waals surface area (Å²) in [5.41, 5.74) is 0.305. The van der Waals surface area contributed by atoms with Gasteiger partial charge in [0.15, 0.2) is 5.78 Å². The molecule has 0 heterocycles. The molecule has 0 amide bonds. The second kappa shape index (κ2) is 3.78. The van der Waals surface area contributed by atoms with Crippen molar-refractivity contribution in [3.8, 4) is 0 Å². The minimum atomic E-state index is -0.420. The molecule has 3 atom stereocenters. The molecule has 2 heteroatoms. The van der Waals surface area contributed by atoms with Crippen molar-refractivity contribution in [1.82, 2.24) is 0 Å². The van der Waals surface area contributed by atoms with E-state index in [1.807, 2.05) is 37.3 Å². The molecule has 2 saturated carbocycles. The Hall–Kier alpha value is -1.44. The van der Waals surface area contributed by atoms with Crippen molar-refractivity contribution in [1.29, 1.82) is 0 Å². The molecule has 3 rings (SSSR count). The molecule has 0 radical (unpaired) electrons. The van der Waals surface area contributed by atoms with Crippen molar-refractivity contribution in [3.63, 3.8) is 0 Å². The normalized spacial score (nSPS) is 35.6. The molecule has 3 unspecified atom stereocenters. The van der Waals surface area contributed by atoms with Crippen LogP contribution in [0.3, 0.4) is 0 Å². The van der Waals surface area contributed by atoms with Gasteiger partial charge in [0.1, 0.15) is 5.78 Å². The Labute approximate surface area is 114 Å². The monoisotopic (exact) mass is 256 g/mol. The number of Topliss-reactive ketones (excluding diaryl/α,β-unsaturated/α-hetero) is 2. The molecule has 0 saturated heterocycles. The van der Waals surface area contributed by atoms with Crippen LogP contribution in [0.1, 0.15) is 44.0 Å². The lowest BCUT2D eigenvalue weighted by molar-refractivity contribution is -0.130. The first-order valence-corrected chi connectivity index (χ1v) is 7.03. The zero-order chi connectivity index (χ0) is 13.8. The zero-order valence-electron chi connectivity index (χ0n) is 11.8. The molecule has 0 N–H and O–H groups in total. The van der Waals surface area contributed by atoms with Crippen molar-refractivity contribution >= 4 is 11.6 Å². The van der Waals surface area contributed by atoms with Crippen LogP contribution in [0.5, 0.6) is 0 Å². The summed E-state index contributed by atoms with van der Waals surface area (Å²) in [4.78, 5) is 25.4. The lowest BCUT2D eigenvalue weighted by atomic mass is 9.70. The molecule has 100 valence electrons. The van der Waals surface area contributed by atoms with E-state index in [1.54, 1.807) is 0 Å². The second-order valence-electron chi connectivity index (χ2n) is 6.77. The maximum absolute atomic E-state index is 12.7. The highest BCUT2D eigenvalue weighted by atomic mass is 16.2. The summed E-state index contributed by atoms with van der Waals surface area (Å²) in [6.07, 6.45) is 1.93. The predicted molar refractivity (Wildman–Crippen MR) is 73.9 cm³/mol. The number of benzene rings is 1. The van der Waals surface area contributed by atoms with Crippen LogP contribution in [0.25, 0.3) is 0 Å². The molecule has 2 bridgehead atoms. The number of rotatable bonds is 2. The number of hydrogen-bond donors (Lipinski definition) is 0. The van der Waals surface area contributed by atoms with Gasteiger partial charge in [0.2, 0.25) is 0 Å². The Morgan fingerprint density at radius 2 is 1.79 bits per heavy atom. The molecule has 2 aliphatic carbocycles. The molecule has 0 aliphatic heterocycles. The van der Waals surface area contributed by atoms with Crippen LogP contribution in [-0.2, 0) is 4.79 Å². The minimum Gasteiger partial charge on any atom is -0.298 e. The summed E-state index contributed by atoms with van der Waals surface area (Å²) >= 11 is 0. The predicted octanol–water partition coefficient (Wildman–Crippen LogP) is 3.51. The van der Waals surface area contributed by atoms with E-state index >= 15 is 0 Å². The molecule has 0 aromatic heterocycles. The molecular weight excluding hydrogens is 236 g/mol. The van der Waals surface area contributed by atoms with E-state index in [0.717, 1.165) is 12.8 Å². The van der Waals surface area contributed by atoms with E-state index in [-0.39, 0.29) is 28.3 Å². The third kappa shape index (κ3) is 1.43. The van der Waals surface area contributed by atoms with Crippen molar-refractivity contribution in [2.45, 2.75) is 33.6 Å². The zero-order valence-corrected chi connectivity index (χ0v) is 11.8. The second-order valence-corrected chi connectivity index (χ2v) is 6.77. The van der Waals surface area contributed by atoms with Gasteiger partial charge >= 0.3 is 0 Å². The van der Waals surface area contributed by atoms with Crippen LogP contribution in [0.4, 0.5) is 0 Å². The van der Waals surface area contributed by atoms with Crippen LogP contribution in [0.15, 0.2) is 30.3 Å². The van der Waals surface area contributed by atoms with Crippen LogP contribution >= 0.6 is 0 Å². The Balaban J connectivity index is 2.01. The number of ketones is 2. The van der Waals surface area contributed by atoms with E-state index in [1.165, 1.54) is 0 Å². The Morgan fingerprint density at radius 3 is 2.32 bits per heavy atom. The van der Waals surface area contributed by atoms with Gasteiger partial charge in [0, 0.05) is 11.0 Å². The fourth-order valence-electron chi connectivity index (χ4n) is 4.17. The van der Waals surface area contributed by atoms with Crippen LogP contribution in [0, 0.1) is 22.7 Å². The fraction of sp³-hybridized carbons (Fsp3) is 0.529. The van der Waals surface area contributed by atoms with Crippen molar-refractivity contribution < 1.29 is 9.59 Å². The molecule has 1 aromatic carbocycles. The molecule has 19 heavy (non-hydrogen) atoms. The van der Waals surface area contributed by atoms with Crippen LogP contribution < -0.4 is 0 Å². The molecule has 0 spiro atoms. The number of carbonyl (C=O) groups excluding carboxylic acids is 2. The minimum absolute atomic E-state index is 0.0205. The van der Waals surface area contributed by atoms with Gasteiger partial charge in [-0.15, -0.1) is 0 Å². The largest absolute Gasteiger partial charge is 0.298 e. The summed E-state index contributed by atoms with van der Waals surface area (Å²) in [5.74, 6) is -0.0245. The lowest BCUT2D eigenvalue weighted by Gasteiger charge is -2.32. The summed E-state index contributed by atoms with van der Waals surface area (Å²) in [6, 6.07) is 9.24. The number of carbonyl (C=O) groups is 2. The molecule has 1 aromatic rings. The highest BCUT2D eigenvalue weighted by Gasteiger charge is 2.67. The van der Waals surface area contributed by atoms with Gasteiger partial charge in [-0.3, -0.25) is 9.59 Å². The van der Waals surface area contributed by atoms with Gasteiger partial charge < -0.3 is 0 Å². The fourth-order valence-corrected chi connectivity index (χ4v) is 4.17. The van der Waals surface area contributed by atoms with Crippen LogP contribution in [-0.4, -0.2) is 11.6 Å². The molecule has 2 nitrogen and oxygen atoms in total. The highest BCUT2D eigenvalue weighted by Crippen LogP contribution is 2.66. The summed E-state index contributed by atoms with van der Waals surface area (Å²) in [6.45, 7) is 6.36. The Kier molecular flexibility index (Phi) is 2.51. The van der Waals surface area contributed by atoms with E-state index in [9.17, 15) is 9.59 Å². The van der Waals surface area contributed by atoms with Gasteiger partial charge in [0.25, 0.3) is 0 Å². The first-order valence-electron chi connectivity index (χ1n) is 7.03. The van der Waals surface area contributed by atoms with Crippen molar-refractivity contribution in [2.75, 3.05) is 0 Å². The SMILES string of the molecule is CC12CCC(C(C(=O)c3ccccc3)C1=O)C2(C)C. The first-order chi connectivity index (χ1) is 8.89. The highest BCUT2D eigenvalue weighted by molar-refractivity contribution is 6.14. The Bertz CT molecular complexity index is 544. The van der Waals surface area contributed by atoms with Gasteiger partial charge in [-0.05, 0) is 24.2 Å². The standard InChI is InChI=1S/C17H20O2/c1-16(2)12-9-10-17(16,3)15(19)13(12)14(18)11-7-5-4-6-8-11/h4-8,12-13H,9-10H2,1-3H3. The van der Waals surface area contributed by atoms with E-state index < -0.39 is 5.92 Å². The van der Waals surface area contributed by atoms with E-state index in [4.69, 9.17) is 0 Å². The third-order valence-corrected chi connectivity index (χ3v) is 5.87. The third-order valence-electron chi connectivity index (χ3n) is 5.87. The Morgan fingerprint density at radius 1 is 1.16 bits per heavy atom. The van der Waals surface area contributed by atoms with E-state index in [2.05, 4.69) is 13.8 Å². The maximum Gasteiger partial charge on any atom is 0.173 e. The van der Waals surface area contributed by atoms with Gasteiger partial charge in [-0.2, -0.15) is 0 Å². The summed E-state index contributed by atoms with van der Waals surface area (Å²) < 4.78 is 0.